The van der Waals surface area contributed by atoms with Crippen LogP contribution in [0.5, 0.6) is 0 Å². The first-order valence-corrected chi connectivity index (χ1v) is 14.7. The third-order valence-corrected chi connectivity index (χ3v) is 10.8. The molecule has 180 valence electrons. The van der Waals surface area contributed by atoms with E-state index in [2.05, 4.69) is 71.6 Å². The van der Waals surface area contributed by atoms with E-state index in [0.29, 0.717) is 18.8 Å². The lowest BCUT2D eigenvalue weighted by molar-refractivity contribution is -0.0591. The fourth-order valence-corrected chi connectivity index (χ4v) is 4.29. The monoisotopic (exact) mass is 577 g/mol. The molecule has 32 heavy (non-hydrogen) atoms. The summed E-state index contributed by atoms with van der Waals surface area (Å²) in [6.07, 6.45) is 2.64. The van der Waals surface area contributed by atoms with E-state index < -0.39 is 20.2 Å². The van der Waals surface area contributed by atoms with Gasteiger partial charge in [0.2, 0.25) is 0 Å². The van der Waals surface area contributed by atoms with Gasteiger partial charge in [0, 0.05) is 26.7 Å². The van der Waals surface area contributed by atoms with Gasteiger partial charge < -0.3 is 18.9 Å². The van der Waals surface area contributed by atoms with Crippen LogP contribution in [-0.2, 0) is 14.0 Å². The summed E-state index contributed by atoms with van der Waals surface area (Å²) in [6, 6.07) is 0. The zero-order valence-corrected chi connectivity index (χ0v) is 23.7. The van der Waals surface area contributed by atoms with E-state index in [4.69, 9.17) is 14.0 Å². The van der Waals surface area contributed by atoms with Crippen LogP contribution >= 0.6 is 22.6 Å². The minimum Gasteiger partial charge on any atom is -0.414 e. The van der Waals surface area contributed by atoms with Crippen LogP contribution < -0.4 is 5.69 Å². The highest BCUT2D eigenvalue weighted by atomic mass is 127. The lowest BCUT2D eigenvalue weighted by Crippen LogP contribution is -2.44. The maximum Gasteiger partial charge on any atom is 0.351 e. The smallest absolute Gasteiger partial charge is 0.351 e. The Kier molecular flexibility index (Phi) is 9.04. The van der Waals surface area contributed by atoms with E-state index in [1.807, 2.05) is 27.9 Å². The normalized spacial score (nSPS) is 21.8. The summed E-state index contributed by atoms with van der Waals surface area (Å²) in [7, 11) is 1.75. The zero-order chi connectivity index (χ0) is 24.3. The first kappa shape index (κ1) is 26.9. The van der Waals surface area contributed by atoms with Gasteiger partial charge in [-0.1, -0.05) is 25.9 Å². The highest BCUT2D eigenvalue weighted by molar-refractivity contribution is 14.1. The first-order valence-electron chi connectivity index (χ1n) is 10.7. The van der Waals surface area contributed by atoms with Crippen LogP contribution in [-0.4, -0.2) is 67.7 Å². The van der Waals surface area contributed by atoms with Crippen molar-refractivity contribution in [2.45, 2.75) is 77.6 Å². The van der Waals surface area contributed by atoms with Crippen molar-refractivity contribution >= 4 is 48.8 Å². The van der Waals surface area contributed by atoms with E-state index in [9.17, 15) is 4.79 Å². The van der Waals surface area contributed by atoms with Gasteiger partial charge in [0.1, 0.15) is 12.3 Å². The van der Waals surface area contributed by atoms with Crippen LogP contribution in [0.1, 0.15) is 47.3 Å². The fourth-order valence-electron chi connectivity index (χ4n) is 2.72. The summed E-state index contributed by atoms with van der Waals surface area (Å²) in [5.74, 6) is 0.385. The lowest BCUT2D eigenvalue weighted by Gasteiger charge is -2.37. The second kappa shape index (κ2) is 10.7. The van der Waals surface area contributed by atoms with Crippen LogP contribution in [0.3, 0.4) is 0 Å². The second-order valence-corrected chi connectivity index (χ2v) is 15.9. The Morgan fingerprint density at radius 1 is 1.41 bits per heavy atom. The van der Waals surface area contributed by atoms with Gasteiger partial charge in [-0.05, 0) is 54.6 Å². The number of nitrogens with zero attached hydrogens (tertiary/aromatic N) is 5. The largest absolute Gasteiger partial charge is 0.414 e. The van der Waals surface area contributed by atoms with Gasteiger partial charge in [-0.3, -0.25) is 4.57 Å². The average molecular weight is 578 g/mol. The number of oxime groups is 1. The Balaban J connectivity index is 2.25. The number of hydrogen-bond donors (Lipinski definition) is 0. The fraction of sp³-hybridized carbons (Fsp3) is 0.714. The predicted octanol–water partition coefficient (Wildman–Crippen LogP) is 4.16. The molecule has 0 aliphatic carbocycles. The van der Waals surface area contributed by atoms with Gasteiger partial charge in [0.15, 0.2) is 20.2 Å². The van der Waals surface area contributed by atoms with Crippen LogP contribution in [0.4, 0.5) is 5.82 Å². The van der Waals surface area contributed by atoms with Crippen molar-refractivity contribution in [3.63, 3.8) is 0 Å². The highest BCUT2D eigenvalue weighted by Crippen LogP contribution is 2.38. The molecule has 1 aliphatic heterocycles. The summed E-state index contributed by atoms with van der Waals surface area (Å²) in [4.78, 5) is 28.7. The zero-order valence-electron chi connectivity index (χ0n) is 20.5. The number of hydrogen-bond acceptors (Lipinski definition) is 7. The Hall–Kier alpha value is -1.31. The quantitative estimate of drug-likeness (QED) is 0.152. The maximum atomic E-state index is 12.7. The molecule has 2 heterocycles. The minimum atomic E-state index is -1.97. The summed E-state index contributed by atoms with van der Waals surface area (Å²) in [5.41, 5.74) is 0.398. The third-order valence-electron chi connectivity index (χ3n) is 5.58. The molecule has 1 saturated heterocycles. The van der Waals surface area contributed by atoms with Gasteiger partial charge in [0.25, 0.3) is 0 Å². The number of halogens is 1. The summed E-state index contributed by atoms with van der Waals surface area (Å²) < 4.78 is 14.9. The summed E-state index contributed by atoms with van der Waals surface area (Å²) >= 11 is 2.13. The Morgan fingerprint density at radius 3 is 2.62 bits per heavy atom. The van der Waals surface area contributed by atoms with Gasteiger partial charge >= 0.3 is 5.69 Å². The highest BCUT2D eigenvalue weighted by Gasteiger charge is 2.43. The van der Waals surface area contributed by atoms with Crippen molar-refractivity contribution < 1.29 is 14.0 Å². The second-order valence-electron chi connectivity index (χ2n) is 9.93. The van der Waals surface area contributed by atoms with Crippen LogP contribution in [0, 0.1) is 3.57 Å². The molecule has 0 radical (unpaired) electrons. The molecule has 11 heteroatoms. The lowest BCUT2D eigenvalue weighted by atomic mass is 10.2. The van der Waals surface area contributed by atoms with Gasteiger partial charge in [-0.15, -0.1) is 0 Å². The molecule has 0 bridgehead atoms. The summed E-state index contributed by atoms with van der Waals surface area (Å²) in [6.45, 7) is 15.1. The maximum absolute atomic E-state index is 12.7. The van der Waals surface area contributed by atoms with Gasteiger partial charge in [0.05, 0.1) is 22.2 Å². The molecule has 2 rings (SSSR count). The molecule has 1 aromatic heterocycles. The van der Waals surface area contributed by atoms with Gasteiger partial charge in [-0.25, -0.2) is 9.79 Å². The molecule has 3 atom stereocenters. The van der Waals surface area contributed by atoms with E-state index in [1.165, 1.54) is 4.57 Å². The van der Waals surface area contributed by atoms with E-state index in [1.54, 1.807) is 17.4 Å². The molecule has 1 aromatic rings. The molecule has 1 unspecified atom stereocenters. The van der Waals surface area contributed by atoms with Crippen LogP contribution in [0.25, 0.3) is 0 Å². The van der Waals surface area contributed by atoms with Crippen molar-refractivity contribution in [3.05, 3.63) is 20.3 Å². The topological polar surface area (TPSA) is 90.5 Å². The molecule has 0 aromatic carbocycles. The molecule has 0 N–H and O–H groups in total. The van der Waals surface area contributed by atoms with Crippen molar-refractivity contribution in [3.8, 4) is 0 Å². The van der Waals surface area contributed by atoms with E-state index >= 15 is 0 Å². The molecular weight excluding hydrogens is 541 g/mol. The van der Waals surface area contributed by atoms with Crippen LogP contribution in [0.15, 0.2) is 21.1 Å². The minimum absolute atomic E-state index is 0.0827. The molecule has 9 nitrogen and oxygen atoms in total. The molecule has 0 spiro atoms. The number of aliphatic imine (C=N–C) groups is 1. The predicted molar refractivity (Wildman–Crippen MR) is 138 cm³/mol. The first-order chi connectivity index (χ1) is 14.7. The number of ether oxygens (including phenoxy) is 1. The SMILES string of the molecule is CC(C)=NOC1C[C@H](n2cc(I)c(/N=C/N(C)C)nc2=O)O[C@@H]1CO[Si](C)(C)C(C)(C)C. The molecule has 0 amide bonds. The molecular formula is C21H36IN5O4Si. The molecule has 0 saturated carbocycles. The molecule has 1 fully saturated rings. The Bertz CT molecular complexity index is 906. The standard InChI is InChI=1S/C21H36IN5O4Si/c1-14(2)25-31-16-10-18(30-17(16)12-29-32(8,9)21(3,4)5)27-11-15(22)19(24-20(27)28)23-13-26(6)7/h11,13,16-18H,10,12H2,1-9H3/b23-13+/t16?,17-,18-/m1/s1. The van der Waals surface area contributed by atoms with Crippen molar-refractivity contribution in [2.75, 3.05) is 20.7 Å². The Morgan fingerprint density at radius 2 is 2.06 bits per heavy atom. The third kappa shape index (κ3) is 7.09. The van der Waals surface area contributed by atoms with E-state index in [-0.39, 0.29) is 17.2 Å². The average Bonchev–Trinajstić information content (AvgIpc) is 3.07. The van der Waals surface area contributed by atoms with Crippen molar-refractivity contribution in [1.29, 1.82) is 0 Å². The van der Waals surface area contributed by atoms with E-state index in [0.717, 1.165) is 9.28 Å². The van der Waals surface area contributed by atoms with Crippen molar-refractivity contribution in [1.82, 2.24) is 14.5 Å². The van der Waals surface area contributed by atoms with Gasteiger partial charge in [-0.2, -0.15) is 4.98 Å². The van der Waals surface area contributed by atoms with Crippen molar-refractivity contribution in [2.24, 2.45) is 10.1 Å². The number of rotatable bonds is 8. The summed E-state index contributed by atoms with van der Waals surface area (Å²) in [5, 5.41) is 4.22. The Labute approximate surface area is 205 Å². The van der Waals surface area contributed by atoms with Crippen LogP contribution in [0.2, 0.25) is 18.1 Å². The number of aromatic nitrogens is 2. The molecule has 1 aliphatic rings.